The molecule has 0 saturated carbocycles. The number of nitrogens with two attached hydrogens (primary N) is 1. The number of carbonyl (C=O) groups is 1. The molecule has 3 heteroatoms. The van der Waals surface area contributed by atoms with Crippen molar-refractivity contribution in [3.63, 3.8) is 0 Å². The molecule has 0 aliphatic heterocycles. The first-order chi connectivity index (χ1) is 9.08. The van der Waals surface area contributed by atoms with Crippen molar-refractivity contribution in [2.45, 2.75) is 6.92 Å². The normalized spacial score (nSPS) is 11.4. The third kappa shape index (κ3) is 3.32. The largest absolute Gasteiger partial charge is 0.366 e. The van der Waals surface area contributed by atoms with Gasteiger partial charge in [-0.25, -0.2) is 0 Å². The van der Waals surface area contributed by atoms with Gasteiger partial charge in [-0.1, -0.05) is 64.0 Å². The number of hydrogen-bond acceptors (Lipinski definition) is 1. The summed E-state index contributed by atoms with van der Waals surface area (Å²) < 4.78 is 0.933. The van der Waals surface area contributed by atoms with E-state index in [1.54, 1.807) is 0 Å². The number of rotatable bonds is 3. The molecule has 2 aromatic rings. The molecule has 0 unspecified atom stereocenters. The fourth-order valence-electron chi connectivity index (χ4n) is 1.87. The number of hydrogen-bond donors (Lipinski definition) is 1. The summed E-state index contributed by atoms with van der Waals surface area (Å²) in [5, 5.41) is 0. The van der Waals surface area contributed by atoms with Crippen molar-refractivity contribution in [3.05, 3.63) is 75.8 Å². The molecule has 0 aliphatic carbocycles. The van der Waals surface area contributed by atoms with Gasteiger partial charge in [0.25, 0.3) is 0 Å². The van der Waals surface area contributed by atoms with Crippen molar-refractivity contribution in [1.82, 2.24) is 0 Å². The molecule has 2 rings (SSSR count). The van der Waals surface area contributed by atoms with Crippen LogP contribution in [0.25, 0.3) is 5.57 Å². The van der Waals surface area contributed by atoms with Crippen molar-refractivity contribution < 1.29 is 4.79 Å². The number of primary amides is 1. The fraction of sp³-hybridized carbons (Fsp3) is 0.0625. The van der Waals surface area contributed by atoms with Crippen molar-refractivity contribution >= 4 is 27.4 Å². The van der Waals surface area contributed by atoms with Crippen LogP contribution in [0.3, 0.4) is 0 Å². The van der Waals surface area contributed by atoms with Gasteiger partial charge in [0.2, 0.25) is 5.91 Å². The topological polar surface area (TPSA) is 43.1 Å². The maximum absolute atomic E-state index is 11.3. The summed E-state index contributed by atoms with van der Waals surface area (Å²) in [5.41, 5.74) is 9.23. The molecule has 0 fully saturated rings. The molecule has 0 spiro atoms. The lowest BCUT2D eigenvalue weighted by Gasteiger charge is -2.10. The van der Waals surface area contributed by atoms with Crippen LogP contribution in [0.4, 0.5) is 0 Å². The number of amides is 1. The molecule has 0 atom stereocenters. The third-order valence-electron chi connectivity index (χ3n) is 2.81. The molecule has 96 valence electrons. The lowest BCUT2D eigenvalue weighted by atomic mass is 9.96. The van der Waals surface area contributed by atoms with Gasteiger partial charge in [0.15, 0.2) is 0 Å². The molecule has 1 amide bonds. The summed E-state index contributed by atoms with van der Waals surface area (Å²) in [6.07, 6.45) is 1.46. The van der Waals surface area contributed by atoms with Gasteiger partial charge in [0.1, 0.15) is 0 Å². The minimum Gasteiger partial charge on any atom is -0.366 e. The zero-order valence-corrected chi connectivity index (χ0v) is 12.1. The van der Waals surface area contributed by atoms with Crippen LogP contribution in [0.1, 0.15) is 16.7 Å². The van der Waals surface area contributed by atoms with E-state index in [0.717, 1.165) is 21.2 Å². The molecule has 2 nitrogen and oxygen atoms in total. The number of benzene rings is 2. The second kappa shape index (κ2) is 5.85. The maximum Gasteiger partial charge on any atom is 0.242 e. The SMILES string of the molecule is Cc1ccc(/C(=C\C(N)=O)c2ccccc2Br)cc1. The van der Waals surface area contributed by atoms with E-state index in [1.807, 2.05) is 55.5 Å². The van der Waals surface area contributed by atoms with E-state index in [9.17, 15) is 4.79 Å². The van der Waals surface area contributed by atoms with Crippen molar-refractivity contribution in [1.29, 1.82) is 0 Å². The first-order valence-electron chi connectivity index (χ1n) is 5.91. The summed E-state index contributed by atoms with van der Waals surface area (Å²) in [5.74, 6) is -0.452. The van der Waals surface area contributed by atoms with E-state index in [-0.39, 0.29) is 0 Å². The van der Waals surface area contributed by atoms with E-state index in [1.165, 1.54) is 11.6 Å². The average molecular weight is 316 g/mol. The average Bonchev–Trinajstić information content (AvgIpc) is 2.38. The summed E-state index contributed by atoms with van der Waals surface area (Å²) in [7, 11) is 0. The van der Waals surface area contributed by atoms with Gasteiger partial charge in [-0.15, -0.1) is 0 Å². The van der Waals surface area contributed by atoms with Crippen LogP contribution in [0, 0.1) is 6.92 Å². The summed E-state index contributed by atoms with van der Waals surface area (Å²) in [4.78, 5) is 11.3. The first-order valence-corrected chi connectivity index (χ1v) is 6.70. The minimum atomic E-state index is -0.452. The first kappa shape index (κ1) is 13.6. The van der Waals surface area contributed by atoms with Crippen molar-refractivity contribution in [2.75, 3.05) is 0 Å². The van der Waals surface area contributed by atoms with Crippen LogP contribution < -0.4 is 5.73 Å². The smallest absolute Gasteiger partial charge is 0.242 e. The van der Waals surface area contributed by atoms with E-state index in [2.05, 4.69) is 15.9 Å². The van der Waals surface area contributed by atoms with E-state index in [4.69, 9.17) is 5.73 Å². The van der Waals surface area contributed by atoms with Crippen LogP contribution >= 0.6 is 15.9 Å². The minimum absolute atomic E-state index is 0.452. The van der Waals surface area contributed by atoms with E-state index < -0.39 is 5.91 Å². The predicted octanol–water partition coefficient (Wildman–Crippen LogP) is 3.67. The van der Waals surface area contributed by atoms with Gasteiger partial charge in [0, 0.05) is 10.5 Å². The molecule has 0 radical (unpaired) electrons. The van der Waals surface area contributed by atoms with Gasteiger partial charge in [0.05, 0.1) is 0 Å². The van der Waals surface area contributed by atoms with Gasteiger partial charge in [-0.05, 0) is 29.7 Å². The Hall–Kier alpha value is -1.87. The van der Waals surface area contributed by atoms with Crippen LogP contribution in [0.5, 0.6) is 0 Å². The zero-order valence-electron chi connectivity index (χ0n) is 10.6. The Morgan fingerprint density at radius 1 is 1.11 bits per heavy atom. The molecular weight excluding hydrogens is 302 g/mol. The molecule has 19 heavy (non-hydrogen) atoms. The second-order valence-corrected chi connectivity index (χ2v) is 5.16. The highest BCUT2D eigenvalue weighted by atomic mass is 79.9. The number of halogens is 1. The molecular formula is C16H14BrNO. The third-order valence-corrected chi connectivity index (χ3v) is 3.50. The van der Waals surface area contributed by atoms with Crippen LogP contribution in [0.2, 0.25) is 0 Å². The quantitative estimate of drug-likeness (QED) is 0.863. The Bertz CT molecular complexity index is 629. The summed E-state index contributed by atoms with van der Waals surface area (Å²) >= 11 is 3.51. The Balaban J connectivity index is 2.58. The number of carbonyl (C=O) groups excluding carboxylic acids is 1. The monoisotopic (exact) mass is 315 g/mol. The summed E-state index contributed by atoms with van der Waals surface area (Å²) in [6, 6.07) is 15.8. The molecule has 0 bridgehead atoms. The zero-order chi connectivity index (χ0) is 13.8. The molecule has 0 aliphatic rings. The van der Waals surface area contributed by atoms with E-state index in [0.29, 0.717) is 0 Å². The van der Waals surface area contributed by atoms with Crippen LogP contribution in [0.15, 0.2) is 59.1 Å². The van der Waals surface area contributed by atoms with Gasteiger partial charge in [-0.2, -0.15) is 0 Å². The molecule has 2 aromatic carbocycles. The van der Waals surface area contributed by atoms with Gasteiger partial charge < -0.3 is 5.73 Å². The predicted molar refractivity (Wildman–Crippen MR) is 81.6 cm³/mol. The highest BCUT2D eigenvalue weighted by Gasteiger charge is 2.09. The molecule has 2 N–H and O–H groups in total. The molecule has 0 heterocycles. The van der Waals surface area contributed by atoms with E-state index >= 15 is 0 Å². The highest BCUT2D eigenvalue weighted by Crippen LogP contribution is 2.29. The lowest BCUT2D eigenvalue weighted by molar-refractivity contribution is -0.113. The molecule has 0 aromatic heterocycles. The maximum atomic E-state index is 11.3. The lowest BCUT2D eigenvalue weighted by Crippen LogP contribution is -2.07. The standard InChI is InChI=1S/C16H14BrNO/c1-11-6-8-12(9-7-11)14(10-16(18)19)13-4-2-3-5-15(13)17/h2-10H,1H3,(H2,18,19)/b14-10+. The Morgan fingerprint density at radius 3 is 2.32 bits per heavy atom. The Kier molecular flexibility index (Phi) is 4.17. The van der Waals surface area contributed by atoms with Crippen LogP contribution in [-0.2, 0) is 4.79 Å². The van der Waals surface area contributed by atoms with Gasteiger partial charge in [-0.3, -0.25) is 4.79 Å². The van der Waals surface area contributed by atoms with Crippen LogP contribution in [-0.4, -0.2) is 5.91 Å². The fourth-order valence-corrected chi connectivity index (χ4v) is 2.37. The van der Waals surface area contributed by atoms with Gasteiger partial charge >= 0.3 is 0 Å². The Labute approximate surface area is 121 Å². The van der Waals surface area contributed by atoms with Crippen molar-refractivity contribution in [3.8, 4) is 0 Å². The number of aryl methyl sites for hydroxylation is 1. The molecule has 0 saturated heterocycles. The second-order valence-electron chi connectivity index (χ2n) is 4.31. The Morgan fingerprint density at radius 2 is 1.74 bits per heavy atom. The van der Waals surface area contributed by atoms with Crippen molar-refractivity contribution in [2.24, 2.45) is 5.73 Å². The summed E-state index contributed by atoms with van der Waals surface area (Å²) in [6.45, 7) is 2.03. The highest BCUT2D eigenvalue weighted by molar-refractivity contribution is 9.10.